The number of hydrogen-bond donors (Lipinski definition) is 2. The van der Waals surface area contributed by atoms with Gasteiger partial charge in [0.2, 0.25) is 0 Å². The van der Waals surface area contributed by atoms with E-state index in [9.17, 15) is 14.7 Å². The van der Waals surface area contributed by atoms with Crippen LogP contribution in [0.5, 0.6) is 5.75 Å². The summed E-state index contributed by atoms with van der Waals surface area (Å²) in [6, 6.07) is 10.00. The van der Waals surface area contributed by atoms with E-state index in [0.29, 0.717) is 17.1 Å². The molecule has 0 aliphatic heterocycles. The molecule has 0 spiro atoms. The van der Waals surface area contributed by atoms with Gasteiger partial charge < -0.3 is 19.9 Å². The van der Waals surface area contributed by atoms with Crippen LogP contribution in [0.2, 0.25) is 0 Å². The normalized spacial score (nSPS) is 11.9. The van der Waals surface area contributed by atoms with Crippen LogP contribution in [0, 0.1) is 17.4 Å². The Hall–Kier alpha value is -3.30. The van der Waals surface area contributed by atoms with Gasteiger partial charge in [0.15, 0.2) is 6.10 Å². The van der Waals surface area contributed by atoms with Gasteiger partial charge in [-0.1, -0.05) is 25.1 Å². The Kier molecular flexibility index (Phi) is 8.95. The van der Waals surface area contributed by atoms with Gasteiger partial charge in [-0.2, -0.15) is 0 Å². The predicted molar refractivity (Wildman–Crippen MR) is 135 cm³/mol. The lowest BCUT2D eigenvalue weighted by Gasteiger charge is -2.16. The van der Waals surface area contributed by atoms with Gasteiger partial charge in [0.1, 0.15) is 22.1 Å². The number of methoxy groups -OCH3 is 1. The zero-order valence-corrected chi connectivity index (χ0v) is 21.4. The molecule has 0 radical (unpaired) electrons. The summed E-state index contributed by atoms with van der Waals surface area (Å²) < 4.78 is 10.3. The Labute approximate surface area is 208 Å². The van der Waals surface area contributed by atoms with Crippen molar-refractivity contribution in [1.29, 1.82) is 0 Å². The summed E-state index contributed by atoms with van der Waals surface area (Å²) in [6.07, 6.45) is 1.43. The molecule has 1 amide bonds. The lowest BCUT2D eigenvalue weighted by atomic mass is 10.1. The Bertz CT molecular complexity index is 1290. The Balaban J connectivity index is 0.000000355. The number of thiazole rings is 1. The van der Waals surface area contributed by atoms with E-state index in [4.69, 9.17) is 9.47 Å². The monoisotopic (exact) mass is 497 g/mol. The molecule has 35 heavy (non-hydrogen) atoms. The fraction of sp³-hybridized carbons (Fsp3) is 0.385. The van der Waals surface area contributed by atoms with Gasteiger partial charge in [0, 0.05) is 29.3 Å². The number of rotatable bonds is 10. The molecule has 2 aliphatic rings. The number of carboxylic acids is 1. The second-order valence-electron chi connectivity index (χ2n) is 8.28. The van der Waals surface area contributed by atoms with Gasteiger partial charge >= 0.3 is 5.97 Å². The molecule has 9 heteroatoms. The number of hydrogen-bond acceptors (Lipinski definition) is 7. The highest BCUT2D eigenvalue weighted by molar-refractivity contribution is 7.15. The van der Waals surface area contributed by atoms with Gasteiger partial charge in [-0.05, 0) is 50.1 Å². The minimum Gasteiger partial charge on any atom is -0.496 e. The zero-order chi connectivity index (χ0) is 25.5. The molecule has 2 heterocycles. The lowest BCUT2D eigenvalue weighted by molar-refractivity contribution is -0.153. The van der Waals surface area contributed by atoms with Crippen LogP contribution in [0.3, 0.4) is 0 Å². The van der Waals surface area contributed by atoms with Crippen molar-refractivity contribution in [2.45, 2.75) is 52.7 Å². The summed E-state index contributed by atoms with van der Waals surface area (Å²) in [5.41, 5.74) is 2.14. The number of benzene rings is 1. The van der Waals surface area contributed by atoms with Crippen LogP contribution in [0.1, 0.15) is 48.1 Å². The van der Waals surface area contributed by atoms with Crippen molar-refractivity contribution >= 4 is 23.2 Å². The number of carboxylic acid groups (broad SMARTS) is 1. The number of carbonyl (C=O) groups excluding carboxylic acids is 1. The fourth-order valence-electron chi connectivity index (χ4n) is 3.48. The van der Waals surface area contributed by atoms with E-state index in [-0.39, 0.29) is 25.0 Å². The summed E-state index contributed by atoms with van der Waals surface area (Å²) in [7, 11) is 1.70. The van der Waals surface area contributed by atoms with Crippen LogP contribution in [0.25, 0.3) is 10.7 Å². The first-order valence-corrected chi connectivity index (χ1v) is 12.3. The van der Waals surface area contributed by atoms with E-state index in [1.165, 1.54) is 21.8 Å². The molecule has 2 aromatic heterocycles. The third-order valence-corrected chi connectivity index (χ3v) is 6.57. The number of aryl methyl sites for hydroxylation is 2. The predicted octanol–water partition coefficient (Wildman–Crippen LogP) is 4.37. The smallest absolute Gasteiger partial charge is 0.332 e. The molecule has 186 valence electrons. The number of ether oxygens (including phenoxy) is 2. The Morgan fingerprint density at radius 1 is 1.23 bits per heavy atom. The molecule has 0 fully saturated rings. The summed E-state index contributed by atoms with van der Waals surface area (Å²) >= 11 is 1.45. The minimum atomic E-state index is -1.03. The third kappa shape index (κ3) is 6.43. The number of carbonyl (C=O) groups is 2. The van der Waals surface area contributed by atoms with E-state index in [1.54, 1.807) is 27.2 Å². The van der Waals surface area contributed by atoms with Crippen LogP contribution in [0.4, 0.5) is 0 Å². The molecule has 1 unspecified atom stereocenters. The van der Waals surface area contributed by atoms with Gasteiger partial charge in [-0.3, -0.25) is 9.78 Å². The first kappa shape index (κ1) is 26.3. The van der Waals surface area contributed by atoms with Crippen molar-refractivity contribution in [2.24, 2.45) is 0 Å². The molecule has 4 rings (SSSR count). The molecule has 1 atom stereocenters. The van der Waals surface area contributed by atoms with Crippen molar-refractivity contribution < 1.29 is 24.2 Å². The van der Waals surface area contributed by atoms with E-state index in [0.717, 1.165) is 21.9 Å². The molecule has 0 saturated carbocycles. The standard InChI is InChI=1S/C19H25N3O4S.C7H6O/c1-5-14-16(22-18(27-14)15-12(4)7-6-9-20-15)17(23)21-10-8-13(19(24)25)26-11(2)3;1-8-7-4-5-2-3-6(5)7/h6-7,9,11,13H,5,8,10H2,1-4H3,(H,21,23)(H,24,25);2-4H,1H3. The molecule has 8 nitrogen and oxygen atoms in total. The highest BCUT2D eigenvalue weighted by atomic mass is 32.1. The maximum absolute atomic E-state index is 12.6. The second kappa shape index (κ2) is 11.9. The van der Waals surface area contributed by atoms with Crippen molar-refractivity contribution in [3.63, 3.8) is 0 Å². The summed E-state index contributed by atoms with van der Waals surface area (Å²) in [6.45, 7) is 7.67. The van der Waals surface area contributed by atoms with E-state index in [2.05, 4.69) is 27.4 Å². The SMILES string of the molecule is CCc1sc(-c2ncccc2C)nc1C(=O)NCCC(OC(C)C)C(=O)O.COc1cc2ccc1=2. The highest BCUT2D eigenvalue weighted by Crippen LogP contribution is 2.29. The van der Waals surface area contributed by atoms with Crippen LogP contribution >= 0.6 is 11.3 Å². The number of nitrogens with one attached hydrogen (secondary N) is 1. The van der Waals surface area contributed by atoms with Crippen molar-refractivity contribution in [3.8, 4) is 16.5 Å². The van der Waals surface area contributed by atoms with E-state index < -0.39 is 12.1 Å². The minimum absolute atomic E-state index is 0.192. The maximum atomic E-state index is 12.6. The quantitative estimate of drug-likeness (QED) is 0.335. The molecule has 0 aromatic carbocycles. The number of pyridine rings is 1. The summed E-state index contributed by atoms with van der Waals surface area (Å²) in [5.74, 6) is -0.312. The van der Waals surface area contributed by atoms with Crippen molar-refractivity contribution in [1.82, 2.24) is 15.3 Å². The van der Waals surface area contributed by atoms with Crippen LogP contribution in [0.15, 0.2) is 36.5 Å². The van der Waals surface area contributed by atoms with Gasteiger partial charge in [-0.15, -0.1) is 11.3 Å². The average Bonchev–Trinajstić information content (AvgIpc) is 3.24. The zero-order valence-electron chi connectivity index (χ0n) is 20.6. The van der Waals surface area contributed by atoms with Crippen LogP contribution in [-0.4, -0.2) is 52.8 Å². The second-order valence-corrected chi connectivity index (χ2v) is 9.37. The number of aromatic nitrogens is 2. The fourth-order valence-corrected chi connectivity index (χ4v) is 4.54. The van der Waals surface area contributed by atoms with Crippen molar-refractivity contribution in [2.75, 3.05) is 13.7 Å². The van der Waals surface area contributed by atoms with E-state index in [1.807, 2.05) is 32.0 Å². The largest absolute Gasteiger partial charge is 0.496 e. The molecule has 2 aliphatic carbocycles. The van der Waals surface area contributed by atoms with Crippen molar-refractivity contribution in [3.05, 3.63) is 63.1 Å². The van der Waals surface area contributed by atoms with Gasteiger partial charge in [0.05, 0.1) is 13.2 Å². The first-order chi connectivity index (χ1) is 16.7. The molecule has 2 aromatic rings. The average molecular weight is 498 g/mol. The lowest BCUT2D eigenvalue weighted by Crippen LogP contribution is -2.33. The topological polar surface area (TPSA) is 111 Å². The third-order valence-electron chi connectivity index (χ3n) is 5.36. The van der Waals surface area contributed by atoms with Gasteiger partial charge in [-0.25, -0.2) is 9.78 Å². The molecule has 2 N–H and O–H groups in total. The van der Waals surface area contributed by atoms with Gasteiger partial charge in [0.25, 0.3) is 5.91 Å². The Morgan fingerprint density at radius 2 is 2.00 bits per heavy atom. The number of nitrogens with zero attached hydrogens (tertiary/aromatic N) is 2. The van der Waals surface area contributed by atoms with Crippen LogP contribution < -0.4 is 10.1 Å². The number of aliphatic carboxylic acids is 1. The van der Waals surface area contributed by atoms with E-state index >= 15 is 0 Å². The summed E-state index contributed by atoms with van der Waals surface area (Å²) in [4.78, 5) is 33.5. The number of amides is 1. The first-order valence-electron chi connectivity index (χ1n) is 11.5. The summed E-state index contributed by atoms with van der Waals surface area (Å²) in [5, 5.41) is 15.3. The highest BCUT2D eigenvalue weighted by Gasteiger charge is 2.22. The molecular formula is C26H31N3O5S. The molecule has 0 saturated heterocycles. The molecular weight excluding hydrogens is 466 g/mol. The maximum Gasteiger partial charge on any atom is 0.332 e. The molecule has 0 bridgehead atoms. The van der Waals surface area contributed by atoms with Crippen LogP contribution in [-0.2, 0) is 16.0 Å². The Morgan fingerprint density at radius 3 is 2.49 bits per heavy atom.